The van der Waals surface area contributed by atoms with Gasteiger partial charge in [-0.15, -0.1) is 0 Å². The number of hydrazone groups is 1. The third-order valence-corrected chi connectivity index (χ3v) is 6.18. The van der Waals surface area contributed by atoms with Crippen LogP contribution in [0.3, 0.4) is 0 Å². The van der Waals surface area contributed by atoms with Crippen molar-refractivity contribution in [2.45, 2.75) is 30.5 Å². The zero-order valence-electron chi connectivity index (χ0n) is 16.2. The zero-order chi connectivity index (χ0) is 20.3. The molecule has 3 aromatic heterocycles. The minimum Gasteiger partial charge on any atom is -0.467 e. The topological polar surface area (TPSA) is 84.7 Å². The fourth-order valence-electron chi connectivity index (χ4n) is 4.04. The number of hydrogen-bond donors (Lipinski definition) is 0. The Hall–Kier alpha value is -3.13. The molecule has 4 heterocycles. The Bertz CT molecular complexity index is 1060. The predicted octanol–water partition coefficient (Wildman–Crippen LogP) is 4.58. The lowest BCUT2D eigenvalue weighted by Crippen LogP contribution is -2.32. The summed E-state index contributed by atoms with van der Waals surface area (Å²) >= 11 is 1.31. The highest BCUT2D eigenvalue weighted by molar-refractivity contribution is 7.99. The lowest BCUT2D eigenvalue weighted by atomic mass is 9.79. The van der Waals surface area contributed by atoms with Crippen LogP contribution in [0.25, 0.3) is 6.08 Å². The number of hydrogen-bond acceptors (Lipinski definition) is 7. The van der Waals surface area contributed by atoms with Crippen LogP contribution < -0.4 is 0 Å². The summed E-state index contributed by atoms with van der Waals surface area (Å²) in [4.78, 5) is 21.5. The van der Waals surface area contributed by atoms with E-state index in [1.165, 1.54) is 11.8 Å². The molecule has 8 heteroatoms. The van der Waals surface area contributed by atoms with Gasteiger partial charge in [0.1, 0.15) is 17.6 Å². The second-order valence-corrected chi connectivity index (χ2v) is 8.13. The van der Waals surface area contributed by atoms with Gasteiger partial charge in [-0.2, -0.15) is 5.10 Å². The van der Waals surface area contributed by atoms with E-state index < -0.39 is 0 Å². The second kappa shape index (κ2) is 8.31. The van der Waals surface area contributed by atoms with Crippen LogP contribution in [0, 0.1) is 5.92 Å². The summed E-state index contributed by atoms with van der Waals surface area (Å²) in [7, 11) is 0. The molecule has 2 unspecified atom stereocenters. The summed E-state index contributed by atoms with van der Waals surface area (Å²) in [6, 6.07) is 9.08. The van der Waals surface area contributed by atoms with Gasteiger partial charge in [0.25, 0.3) is 5.91 Å². The smallest absolute Gasteiger partial charge is 0.253 e. The molecule has 2 atom stereocenters. The van der Waals surface area contributed by atoms with Crippen molar-refractivity contribution < 1.29 is 13.6 Å². The first-order valence-electron chi connectivity index (χ1n) is 9.88. The number of rotatable bonds is 5. The monoisotopic (exact) mass is 420 g/mol. The van der Waals surface area contributed by atoms with Crippen LogP contribution >= 0.6 is 11.8 Å². The normalized spacial score (nSPS) is 22.2. The highest BCUT2D eigenvalue weighted by Crippen LogP contribution is 2.44. The fourth-order valence-corrected chi connectivity index (χ4v) is 4.70. The van der Waals surface area contributed by atoms with Crippen molar-refractivity contribution in [3.63, 3.8) is 0 Å². The van der Waals surface area contributed by atoms with Crippen LogP contribution in [0.2, 0.25) is 0 Å². The average Bonchev–Trinajstić information content (AvgIpc) is 3.53. The average molecular weight is 420 g/mol. The molecule has 3 aromatic rings. The number of carbonyl (C=O) groups excluding carboxylic acids is 1. The molecule has 0 saturated heterocycles. The molecule has 2 aliphatic rings. The van der Waals surface area contributed by atoms with Crippen molar-refractivity contribution >= 4 is 29.5 Å². The number of nitrogens with zero attached hydrogens (tertiary/aromatic N) is 4. The van der Waals surface area contributed by atoms with Gasteiger partial charge < -0.3 is 8.83 Å². The molecule has 0 aromatic carbocycles. The number of fused-ring (bicyclic) bond motifs is 1. The van der Waals surface area contributed by atoms with Gasteiger partial charge in [-0.05, 0) is 61.2 Å². The van der Waals surface area contributed by atoms with Gasteiger partial charge in [0.05, 0.1) is 24.0 Å². The van der Waals surface area contributed by atoms with E-state index in [1.54, 1.807) is 36.0 Å². The quantitative estimate of drug-likeness (QED) is 0.444. The Labute approximate surface area is 177 Å². The van der Waals surface area contributed by atoms with Crippen molar-refractivity contribution in [3.8, 4) is 0 Å². The summed E-state index contributed by atoms with van der Waals surface area (Å²) in [5.41, 5.74) is 2.07. The number of amides is 1. The van der Waals surface area contributed by atoms with Crippen LogP contribution in [-0.4, -0.2) is 32.3 Å². The SMILES string of the molecule is O=C(CSc1ncccn1)N1N=C2C(=Cc3ccco3)CCCC2C1c1ccco1. The molecule has 0 spiro atoms. The molecule has 1 saturated carbocycles. The van der Waals surface area contributed by atoms with Crippen LogP contribution in [0.4, 0.5) is 0 Å². The maximum atomic E-state index is 13.2. The van der Waals surface area contributed by atoms with E-state index in [9.17, 15) is 4.79 Å². The van der Waals surface area contributed by atoms with Gasteiger partial charge in [0, 0.05) is 18.3 Å². The lowest BCUT2D eigenvalue weighted by molar-refractivity contribution is -0.131. The van der Waals surface area contributed by atoms with E-state index in [4.69, 9.17) is 13.9 Å². The number of carbonyl (C=O) groups is 1. The minimum absolute atomic E-state index is 0.0897. The number of thioether (sulfide) groups is 1. The van der Waals surface area contributed by atoms with Gasteiger partial charge in [0.15, 0.2) is 5.16 Å². The third-order valence-electron chi connectivity index (χ3n) is 5.32. The Morgan fingerprint density at radius 3 is 2.77 bits per heavy atom. The Morgan fingerprint density at radius 2 is 2.00 bits per heavy atom. The van der Waals surface area contributed by atoms with E-state index in [0.717, 1.165) is 42.1 Å². The van der Waals surface area contributed by atoms with Gasteiger partial charge in [-0.25, -0.2) is 15.0 Å². The summed E-state index contributed by atoms with van der Waals surface area (Å²) in [6.45, 7) is 0. The van der Waals surface area contributed by atoms with E-state index in [2.05, 4.69) is 9.97 Å². The molecular formula is C22H20N4O3S. The lowest BCUT2D eigenvalue weighted by Gasteiger charge is -2.27. The van der Waals surface area contributed by atoms with Gasteiger partial charge in [-0.3, -0.25) is 4.79 Å². The van der Waals surface area contributed by atoms with Crippen molar-refractivity contribution in [3.05, 3.63) is 72.3 Å². The number of furan rings is 2. The first-order chi connectivity index (χ1) is 14.8. The van der Waals surface area contributed by atoms with Crippen molar-refractivity contribution in [2.75, 3.05) is 5.75 Å². The fraction of sp³-hybridized carbons (Fsp3) is 0.273. The maximum Gasteiger partial charge on any atom is 0.253 e. The Morgan fingerprint density at radius 1 is 1.17 bits per heavy atom. The van der Waals surface area contributed by atoms with Gasteiger partial charge in [-0.1, -0.05) is 11.8 Å². The number of allylic oxidation sites excluding steroid dienone is 1. The third kappa shape index (κ3) is 3.70. The second-order valence-electron chi connectivity index (χ2n) is 7.19. The molecule has 1 aliphatic heterocycles. The Kier molecular flexibility index (Phi) is 5.23. The molecule has 7 nitrogen and oxygen atoms in total. The predicted molar refractivity (Wildman–Crippen MR) is 113 cm³/mol. The van der Waals surface area contributed by atoms with E-state index in [0.29, 0.717) is 5.16 Å². The summed E-state index contributed by atoms with van der Waals surface area (Å²) in [6.07, 6.45) is 11.6. The molecule has 30 heavy (non-hydrogen) atoms. The first kappa shape index (κ1) is 18.9. The molecule has 0 bridgehead atoms. The van der Waals surface area contributed by atoms with Crippen LogP contribution in [0.15, 0.2) is 79.9 Å². The molecule has 152 valence electrons. The highest BCUT2D eigenvalue weighted by Gasteiger charge is 2.45. The standard InChI is InChI=1S/C22H20N4O3S/c27-19(14-30-22-23-9-4-10-24-22)26-21(18-8-3-12-29-18)17-7-1-5-15(20(17)25-26)13-16-6-2-11-28-16/h2-4,6,8-13,17,21H,1,5,7,14H2. The van der Waals surface area contributed by atoms with E-state index >= 15 is 0 Å². The van der Waals surface area contributed by atoms with Crippen LogP contribution in [-0.2, 0) is 4.79 Å². The largest absolute Gasteiger partial charge is 0.467 e. The van der Waals surface area contributed by atoms with E-state index in [-0.39, 0.29) is 23.6 Å². The number of aromatic nitrogens is 2. The molecule has 5 rings (SSSR count). The maximum absolute atomic E-state index is 13.2. The van der Waals surface area contributed by atoms with Crippen molar-refractivity contribution in [2.24, 2.45) is 11.0 Å². The molecule has 0 N–H and O–H groups in total. The summed E-state index contributed by atoms with van der Waals surface area (Å²) in [5, 5.41) is 6.96. The summed E-state index contributed by atoms with van der Waals surface area (Å²) < 4.78 is 11.2. The molecule has 1 aliphatic carbocycles. The van der Waals surface area contributed by atoms with Crippen LogP contribution in [0.1, 0.15) is 36.8 Å². The first-order valence-corrected chi connectivity index (χ1v) is 10.9. The van der Waals surface area contributed by atoms with Gasteiger partial charge in [0.2, 0.25) is 0 Å². The summed E-state index contributed by atoms with van der Waals surface area (Å²) in [5.74, 6) is 1.78. The molecule has 0 radical (unpaired) electrons. The van der Waals surface area contributed by atoms with E-state index in [1.807, 2.05) is 30.3 Å². The van der Waals surface area contributed by atoms with Crippen LogP contribution in [0.5, 0.6) is 0 Å². The molecular weight excluding hydrogens is 400 g/mol. The Balaban J connectivity index is 1.44. The highest BCUT2D eigenvalue weighted by atomic mass is 32.2. The van der Waals surface area contributed by atoms with Crippen molar-refractivity contribution in [1.29, 1.82) is 0 Å². The van der Waals surface area contributed by atoms with Crippen molar-refractivity contribution in [1.82, 2.24) is 15.0 Å². The molecule has 1 fully saturated rings. The van der Waals surface area contributed by atoms with Gasteiger partial charge >= 0.3 is 0 Å². The zero-order valence-corrected chi connectivity index (χ0v) is 17.0. The minimum atomic E-state index is -0.236. The molecule has 1 amide bonds.